The molecule has 2 aromatic heterocycles. The highest BCUT2D eigenvalue weighted by Crippen LogP contribution is 2.34. The van der Waals surface area contributed by atoms with Gasteiger partial charge in [0.2, 0.25) is 0 Å². The number of aryl methyl sites for hydroxylation is 1. The van der Waals surface area contributed by atoms with Crippen molar-refractivity contribution in [2.45, 2.75) is 18.9 Å². The van der Waals surface area contributed by atoms with Gasteiger partial charge in [-0.1, -0.05) is 15.9 Å². The Morgan fingerprint density at radius 2 is 1.74 bits per heavy atom. The average Bonchev–Trinajstić information content (AvgIpc) is 3.64. The standard InChI is InChI=1S/C24H20BrFN4O4/c1-28-20(31)12-19(27-18-10-3-13(25)11-17(18)26)21-22(28)29(14-6-8-16(34-2)9-7-14)24(33)30(23(21)32)15-4-5-15/h3,6-12,15,27H,4-5H2,1-2H3. The molecule has 0 unspecified atom stereocenters. The lowest BCUT2D eigenvalue weighted by atomic mass is 10.2. The van der Waals surface area contributed by atoms with Gasteiger partial charge in [-0.25, -0.2) is 13.8 Å². The number of hydrogen-bond donors (Lipinski definition) is 1. The minimum atomic E-state index is -0.561. The summed E-state index contributed by atoms with van der Waals surface area (Å²) >= 11 is 3.22. The molecule has 0 aliphatic heterocycles. The first-order chi connectivity index (χ1) is 16.3. The number of methoxy groups -OCH3 is 1. The summed E-state index contributed by atoms with van der Waals surface area (Å²) in [5.74, 6) is 0.0350. The van der Waals surface area contributed by atoms with Gasteiger partial charge in [0.1, 0.15) is 22.6 Å². The Bertz CT molecular complexity index is 1620. The van der Waals surface area contributed by atoms with Crippen molar-refractivity contribution in [3.63, 3.8) is 0 Å². The molecular weight excluding hydrogens is 507 g/mol. The van der Waals surface area contributed by atoms with Crippen molar-refractivity contribution in [1.82, 2.24) is 13.7 Å². The highest BCUT2D eigenvalue weighted by molar-refractivity contribution is 9.10. The van der Waals surface area contributed by atoms with Crippen LogP contribution in [0, 0.1) is 5.82 Å². The lowest BCUT2D eigenvalue weighted by molar-refractivity contribution is 0.414. The van der Waals surface area contributed by atoms with Crippen LogP contribution in [0.3, 0.4) is 0 Å². The molecule has 1 saturated carbocycles. The molecule has 10 heteroatoms. The van der Waals surface area contributed by atoms with Gasteiger partial charge in [-0.05, 0) is 55.3 Å². The van der Waals surface area contributed by atoms with E-state index < -0.39 is 22.6 Å². The number of anilines is 2. The van der Waals surface area contributed by atoms with Gasteiger partial charge in [0.05, 0.1) is 24.2 Å². The quantitative estimate of drug-likeness (QED) is 0.427. The molecule has 5 rings (SSSR count). The van der Waals surface area contributed by atoms with Gasteiger partial charge in [0.15, 0.2) is 0 Å². The summed E-state index contributed by atoms with van der Waals surface area (Å²) in [6.45, 7) is 0. The molecule has 0 radical (unpaired) electrons. The maximum Gasteiger partial charge on any atom is 0.337 e. The average molecular weight is 527 g/mol. The molecule has 34 heavy (non-hydrogen) atoms. The van der Waals surface area contributed by atoms with E-state index in [0.29, 0.717) is 28.8 Å². The van der Waals surface area contributed by atoms with E-state index in [1.807, 2.05) is 0 Å². The molecule has 1 N–H and O–H groups in total. The predicted molar refractivity (Wildman–Crippen MR) is 131 cm³/mol. The molecule has 0 saturated heterocycles. The molecule has 2 heterocycles. The Morgan fingerprint density at radius 1 is 1.03 bits per heavy atom. The van der Waals surface area contributed by atoms with E-state index in [0.717, 1.165) is 0 Å². The largest absolute Gasteiger partial charge is 0.497 e. The Labute approximate surface area is 201 Å². The van der Waals surface area contributed by atoms with Crippen LogP contribution in [0.15, 0.2) is 67.4 Å². The zero-order chi connectivity index (χ0) is 24.1. The van der Waals surface area contributed by atoms with Crippen LogP contribution in [-0.4, -0.2) is 20.8 Å². The van der Waals surface area contributed by atoms with Gasteiger partial charge in [0, 0.05) is 23.6 Å². The molecule has 0 bridgehead atoms. The summed E-state index contributed by atoms with van der Waals surface area (Å²) in [6, 6.07) is 12.2. The van der Waals surface area contributed by atoms with Crippen molar-refractivity contribution in [3.05, 3.63) is 90.0 Å². The van der Waals surface area contributed by atoms with Gasteiger partial charge in [0.25, 0.3) is 11.1 Å². The molecule has 0 atom stereocenters. The van der Waals surface area contributed by atoms with Gasteiger partial charge >= 0.3 is 5.69 Å². The number of fused-ring (bicyclic) bond motifs is 1. The number of rotatable bonds is 5. The van der Waals surface area contributed by atoms with Crippen LogP contribution in [0.2, 0.25) is 0 Å². The summed E-state index contributed by atoms with van der Waals surface area (Å²) < 4.78 is 24.2. The van der Waals surface area contributed by atoms with E-state index in [-0.39, 0.29) is 28.5 Å². The Morgan fingerprint density at radius 3 is 2.35 bits per heavy atom. The Balaban J connectivity index is 1.87. The third kappa shape index (κ3) is 3.63. The van der Waals surface area contributed by atoms with Crippen LogP contribution in [0.4, 0.5) is 15.8 Å². The lowest BCUT2D eigenvalue weighted by Gasteiger charge is -2.19. The normalized spacial score (nSPS) is 13.3. The van der Waals surface area contributed by atoms with E-state index >= 15 is 0 Å². The summed E-state index contributed by atoms with van der Waals surface area (Å²) in [7, 11) is 3.03. The first kappa shape index (κ1) is 22.1. The molecule has 0 spiro atoms. The van der Waals surface area contributed by atoms with Crippen LogP contribution in [0.1, 0.15) is 18.9 Å². The maximum atomic E-state index is 14.6. The number of nitrogens with one attached hydrogen (secondary N) is 1. The van der Waals surface area contributed by atoms with E-state index in [2.05, 4.69) is 21.2 Å². The lowest BCUT2D eigenvalue weighted by Crippen LogP contribution is -2.41. The van der Waals surface area contributed by atoms with Crippen molar-refractivity contribution in [2.75, 3.05) is 12.4 Å². The van der Waals surface area contributed by atoms with Gasteiger partial charge in [-0.15, -0.1) is 0 Å². The fraction of sp³-hybridized carbons (Fsp3) is 0.208. The summed E-state index contributed by atoms with van der Waals surface area (Å²) in [6.07, 6.45) is 1.41. The van der Waals surface area contributed by atoms with Crippen LogP contribution >= 0.6 is 15.9 Å². The predicted octanol–water partition coefficient (Wildman–Crippen LogP) is 3.84. The summed E-state index contributed by atoms with van der Waals surface area (Å²) in [5, 5.41) is 3.01. The molecule has 2 aromatic carbocycles. The number of benzene rings is 2. The number of hydrogen-bond acceptors (Lipinski definition) is 5. The van der Waals surface area contributed by atoms with Gasteiger partial charge in [-0.2, -0.15) is 0 Å². The SMILES string of the molecule is COc1ccc(-n2c(=O)n(C3CC3)c(=O)c3c(Nc4ccc(Br)cc4F)cc(=O)n(C)c32)cc1. The minimum absolute atomic E-state index is 0.0947. The Hall–Kier alpha value is -3.66. The van der Waals surface area contributed by atoms with Gasteiger partial charge < -0.3 is 10.1 Å². The van der Waals surface area contributed by atoms with Crippen LogP contribution in [0.25, 0.3) is 16.7 Å². The first-order valence-electron chi connectivity index (χ1n) is 10.6. The van der Waals surface area contributed by atoms with E-state index in [1.54, 1.807) is 30.3 Å². The number of halogens is 2. The zero-order valence-corrected chi connectivity index (χ0v) is 19.9. The van der Waals surface area contributed by atoms with Crippen LogP contribution in [0.5, 0.6) is 5.75 Å². The molecular formula is C24H20BrFN4O4. The van der Waals surface area contributed by atoms with E-state index in [1.165, 1.54) is 46.1 Å². The number of aromatic nitrogens is 3. The second-order valence-electron chi connectivity index (χ2n) is 8.13. The Kier molecular flexibility index (Phi) is 5.40. The number of pyridine rings is 1. The monoisotopic (exact) mass is 526 g/mol. The van der Waals surface area contributed by atoms with E-state index in [9.17, 15) is 18.8 Å². The molecule has 174 valence electrons. The summed E-state index contributed by atoms with van der Waals surface area (Å²) in [4.78, 5) is 40.1. The second-order valence-corrected chi connectivity index (χ2v) is 9.04. The van der Waals surface area contributed by atoms with Crippen molar-refractivity contribution in [3.8, 4) is 11.4 Å². The zero-order valence-electron chi connectivity index (χ0n) is 18.3. The smallest absolute Gasteiger partial charge is 0.337 e. The number of ether oxygens (including phenoxy) is 1. The maximum absolute atomic E-state index is 14.6. The van der Waals surface area contributed by atoms with Gasteiger partial charge in [-0.3, -0.25) is 18.7 Å². The fourth-order valence-electron chi connectivity index (χ4n) is 4.02. The third-order valence-electron chi connectivity index (χ3n) is 5.89. The highest BCUT2D eigenvalue weighted by Gasteiger charge is 2.31. The van der Waals surface area contributed by atoms with Crippen molar-refractivity contribution in [2.24, 2.45) is 7.05 Å². The van der Waals surface area contributed by atoms with E-state index in [4.69, 9.17) is 4.74 Å². The second kappa shape index (κ2) is 8.28. The topological polar surface area (TPSA) is 87.3 Å². The minimum Gasteiger partial charge on any atom is -0.497 e. The molecule has 8 nitrogen and oxygen atoms in total. The molecule has 1 aliphatic carbocycles. The fourth-order valence-corrected chi connectivity index (χ4v) is 4.35. The first-order valence-corrected chi connectivity index (χ1v) is 11.4. The number of nitrogens with zero attached hydrogens (tertiary/aromatic N) is 3. The molecule has 4 aromatic rings. The van der Waals surface area contributed by atoms with Crippen molar-refractivity contribution >= 4 is 38.3 Å². The van der Waals surface area contributed by atoms with Crippen LogP contribution < -0.4 is 26.9 Å². The third-order valence-corrected chi connectivity index (χ3v) is 6.39. The highest BCUT2D eigenvalue weighted by atomic mass is 79.9. The van der Waals surface area contributed by atoms with Crippen molar-refractivity contribution < 1.29 is 9.13 Å². The van der Waals surface area contributed by atoms with Crippen LogP contribution in [-0.2, 0) is 7.05 Å². The molecule has 1 aliphatic rings. The van der Waals surface area contributed by atoms with Crippen molar-refractivity contribution in [1.29, 1.82) is 0 Å². The molecule has 0 amide bonds. The molecule has 1 fully saturated rings. The summed E-state index contributed by atoms with van der Waals surface area (Å²) in [5.41, 5.74) is -0.720.